The topological polar surface area (TPSA) is 82.0 Å². The third kappa shape index (κ3) is 5.24. The van der Waals surface area contributed by atoms with Crippen molar-refractivity contribution < 1.29 is 9.47 Å². The summed E-state index contributed by atoms with van der Waals surface area (Å²) in [6.45, 7) is 3.43. The van der Waals surface area contributed by atoms with Gasteiger partial charge >= 0.3 is 6.01 Å². The van der Waals surface area contributed by atoms with Crippen molar-refractivity contribution >= 4 is 10.9 Å². The summed E-state index contributed by atoms with van der Waals surface area (Å²) in [5.41, 5.74) is 2.72. The van der Waals surface area contributed by atoms with Crippen molar-refractivity contribution in [3.8, 4) is 28.5 Å². The number of aromatic amines is 1. The van der Waals surface area contributed by atoms with E-state index >= 15 is 0 Å². The maximum absolute atomic E-state index is 11.2. The molecular formula is C20H25N4O3S+. The molecule has 0 bridgehead atoms. The molecule has 0 fully saturated rings. The van der Waals surface area contributed by atoms with Crippen LogP contribution in [-0.4, -0.2) is 51.2 Å². The minimum Gasteiger partial charge on any atom is -0.464 e. The Kier molecular flexibility index (Phi) is 6.89. The molecule has 0 radical (unpaired) electrons. The third-order valence-electron chi connectivity index (χ3n) is 4.02. The molecule has 2 aromatic heterocycles. The van der Waals surface area contributed by atoms with Crippen LogP contribution in [0.5, 0.6) is 6.01 Å². The summed E-state index contributed by atoms with van der Waals surface area (Å²) in [6, 6.07) is 11.6. The van der Waals surface area contributed by atoms with Gasteiger partial charge < -0.3 is 14.5 Å². The molecule has 0 saturated carbocycles. The van der Waals surface area contributed by atoms with Crippen LogP contribution in [0.4, 0.5) is 0 Å². The summed E-state index contributed by atoms with van der Waals surface area (Å²) in [4.78, 5) is 18.4. The lowest BCUT2D eigenvalue weighted by molar-refractivity contribution is 0.0722. The van der Waals surface area contributed by atoms with Gasteiger partial charge in [0.15, 0.2) is 5.82 Å². The number of hydrogen-bond donors (Lipinski definition) is 1. The fraction of sp³-hybridized carbons (Fsp3) is 0.350. The number of ether oxygens (including phenoxy) is 2. The molecule has 0 aliphatic rings. The Morgan fingerprint density at radius 1 is 1.07 bits per heavy atom. The largest absolute Gasteiger partial charge is 0.464 e. The van der Waals surface area contributed by atoms with E-state index in [-0.39, 0.29) is 5.56 Å². The summed E-state index contributed by atoms with van der Waals surface area (Å²) in [7, 11) is 0.353. The highest BCUT2D eigenvalue weighted by Gasteiger charge is 2.13. The van der Waals surface area contributed by atoms with E-state index in [0.717, 1.165) is 22.4 Å². The van der Waals surface area contributed by atoms with Gasteiger partial charge in [-0.15, -0.1) is 5.10 Å². The second kappa shape index (κ2) is 9.57. The standard InChI is InChI=1S/C20H24N4O3S/c1-4-27-20-22-19(23-24(20)14-26-11-12-28(2)3)16-7-5-15(6-8-16)17-9-10-18(25)21-13-17/h5-10,13H,4,11-12,14H2,1-3H3/p+1. The number of nitrogens with zero attached hydrogens (tertiary/aromatic N) is 3. The van der Waals surface area contributed by atoms with E-state index < -0.39 is 0 Å². The average molecular weight is 402 g/mol. The van der Waals surface area contributed by atoms with Crippen LogP contribution < -0.4 is 10.3 Å². The molecule has 0 atom stereocenters. The van der Waals surface area contributed by atoms with E-state index in [9.17, 15) is 4.79 Å². The van der Waals surface area contributed by atoms with Crippen molar-refractivity contribution in [1.82, 2.24) is 19.7 Å². The van der Waals surface area contributed by atoms with E-state index in [1.54, 1.807) is 16.9 Å². The zero-order chi connectivity index (χ0) is 19.9. The molecular weight excluding hydrogens is 376 g/mol. The predicted octanol–water partition coefficient (Wildman–Crippen LogP) is 2.55. The Bertz CT molecular complexity index is 930. The Balaban J connectivity index is 1.75. The van der Waals surface area contributed by atoms with Crippen LogP contribution in [0.1, 0.15) is 6.92 Å². The van der Waals surface area contributed by atoms with Gasteiger partial charge in [-0.05, 0) is 35.0 Å². The molecule has 0 unspecified atom stereocenters. The summed E-state index contributed by atoms with van der Waals surface area (Å²) >= 11 is 0. The second-order valence-corrected chi connectivity index (χ2v) is 8.78. The molecule has 2 heterocycles. The number of rotatable bonds is 9. The molecule has 1 N–H and O–H groups in total. The maximum atomic E-state index is 11.2. The van der Waals surface area contributed by atoms with Crippen LogP contribution in [0.25, 0.3) is 22.5 Å². The van der Waals surface area contributed by atoms with Crippen molar-refractivity contribution in [3.63, 3.8) is 0 Å². The molecule has 7 nitrogen and oxygen atoms in total. The lowest BCUT2D eigenvalue weighted by Crippen LogP contribution is -2.13. The van der Waals surface area contributed by atoms with Crippen LogP contribution in [0, 0.1) is 0 Å². The van der Waals surface area contributed by atoms with Crippen molar-refractivity contribution in [1.29, 1.82) is 0 Å². The quantitative estimate of drug-likeness (QED) is 0.440. The highest BCUT2D eigenvalue weighted by molar-refractivity contribution is 7.95. The zero-order valence-electron chi connectivity index (χ0n) is 16.3. The van der Waals surface area contributed by atoms with Gasteiger partial charge in [0.25, 0.3) is 0 Å². The van der Waals surface area contributed by atoms with Crippen LogP contribution in [0.3, 0.4) is 0 Å². The summed E-state index contributed by atoms with van der Waals surface area (Å²) in [5, 5.41) is 4.54. The lowest BCUT2D eigenvalue weighted by atomic mass is 10.1. The van der Waals surface area contributed by atoms with Gasteiger partial charge in [0.05, 0.1) is 25.7 Å². The first-order chi connectivity index (χ1) is 13.6. The fourth-order valence-electron chi connectivity index (χ4n) is 2.55. The molecule has 0 saturated heterocycles. The van der Waals surface area contributed by atoms with E-state index in [1.165, 1.54) is 6.07 Å². The van der Waals surface area contributed by atoms with Gasteiger partial charge in [0.1, 0.15) is 12.5 Å². The van der Waals surface area contributed by atoms with Gasteiger partial charge in [-0.2, -0.15) is 9.67 Å². The monoisotopic (exact) mass is 401 g/mol. The minimum absolute atomic E-state index is 0.116. The predicted molar refractivity (Wildman–Crippen MR) is 113 cm³/mol. The molecule has 0 spiro atoms. The van der Waals surface area contributed by atoms with Gasteiger partial charge in [-0.3, -0.25) is 4.79 Å². The number of nitrogens with one attached hydrogen (secondary N) is 1. The van der Waals surface area contributed by atoms with E-state index in [0.29, 0.717) is 42.7 Å². The van der Waals surface area contributed by atoms with E-state index in [4.69, 9.17) is 9.47 Å². The van der Waals surface area contributed by atoms with E-state index in [1.807, 2.05) is 31.2 Å². The Labute approximate surface area is 167 Å². The molecule has 28 heavy (non-hydrogen) atoms. The van der Waals surface area contributed by atoms with Crippen molar-refractivity contribution in [3.05, 3.63) is 52.9 Å². The number of aromatic nitrogens is 4. The number of pyridine rings is 1. The number of H-pyrrole nitrogens is 1. The van der Waals surface area contributed by atoms with Gasteiger partial charge in [-0.1, -0.05) is 24.3 Å². The van der Waals surface area contributed by atoms with Gasteiger partial charge in [0, 0.05) is 17.8 Å². The van der Waals surface area contributed by atoms with E-state index in [2.05, 4.69) is 27.6 Å². The molecule has 3 rings (SSSR count). The first kappa shape index (κ1) is 20.2. The van der Waals surface area contributed by atoms with Gasteiger partial charge in [0.2, 0.25) is 5.56 Å². The molecule has 0 amide bonds. The molecule has 8 heteroatoms. The average Bonchev–Trinajstić information content (AvgIpc) is 3.09. The Morgan fingerprint density at radius 3 is 2.43 bits per heavy atom. The minimum atomic E-state index is -0.116. The molecule has 3 aromatic rings. The van der Waals surface area contributed by atoms with Crippen LogP contribution >= 0.6 is 0 Å². The lowest BCUT2D eigenvalue weighted by Gasteiger charge is -2.06. The fourth-order valence-corrected chi connectivity index (χ4v) is 3.00. The highest BCUT2D eigenvalue weighted by Crippen LogP contribution is 2.24. The first-order valence-electron chi connectivity index (χ1n) is 9.06. The van der Waals surface area contributed by atoms with Crippen LogP contribution in [0.15, 0.2) is 47.4 Å². The SMILES string of the molecule is CCOc1nc(-c2ccc(-c3ccc(=O)[nH]c3)cc2)nn1COCC[S+](C)C. The Morgan fingerprint density at radius 2 is 1.79 bits per heavy atom. The number of benzene rings is 1. The first-order valence-corrected chi connectivity index (χ1v) is 11.3. The van der Waals surface area contributed by atoms with Crippen molar-refractivity contribution in [2.45, 2.75) is 13.7 Å². The van der Waals surface area contributed by atoms with Crippen LogP contribution in [-0.2, 0) is 22.4 Å². The molecule has 0 aliphatic carbocycles. The highest BCUT2D eigenvalue weighted by atomic mass is 32.2. The zero-order valence-corrected chi connectivity index (χ0v) is 17.2. The number of hydrogen-bond acceptors (Lipinski definition) is 5. The molecule has 148 valence electrons. The third-order valence-corrected chi connectivity index (χ3v) is 5.00. The maximum Gasteiger partial charge on any atom is 0.317 e. The Hall–Kier alpha value is -2.58. The smallest absolute Gasteiger partial charge is 0.317 e. The summed E-state index contributed by atoms with van der Waals surface area (Å²) in [5.74, 6) is 1.61. The van der Waals surface area contributed by atoms with Crippen molar-refractivity contribution in [2.75, 3.05) is 31.5 Å². The summed E-state index contributed by atoms with van der Waals surface area (Å²) < 4.78 is 13.0. The summed E-state index contributed by atoms with van der Waals surface area (Å²) in [6.07, 6.45) is 6.09. The van der Waals surface area contributed by atoms with Crippen LogP contribution in [0.2, 0.25) is 0 Å². The molecule has 1 aromatic carbocycles. The van der Waals surface area contributed by atoms with Gasteiger partial charge in [-0.25, -0.2) is 0 Å². The normalized spacial score (nSPS) is 11.1. The molecule has 0 aliphatic heterocycles. The van der Waals surface area contributed by atoms with Crippen molar-refractivity contribution in [2.24, 2.45) is 0 Å². The second-order valence-electron chi connectivity index (χ2n) is 6.40.